The summed E-state index contributed by atoms with van der Waals surface area (Å²) in [5.74, 6) is -0.606. The van der Waals surface area contributed by atoms with Gasteiger partial charge in [-0.3, -0.25) is 9.89 Å². The summed E-state index contributed by atoms with van der Waals surface area (Å²) in [6.45, 7) is 2.45. The molecule has 0 aliphatic carbocycles. The third kappa shape index (κ3) is 2.57. The molecule has 0 unspecified atom stereocenters. The molecule has 2 aromatic carbocycles. The van der Waals surface area contributed by atoms with Crippen LogP contribution in [0.25, 0.3) is 22.0 Å². The van der Waals surface area contributed by atoms with Crippen molar-refractivity contribution >= 4 is 16.8 Å². The van der Waals surface area contributed by atoms with Crippen molar-refractivity contribution in [2.45, 2.75) is 6.92 Å². The zero-order chi connectivity index (χ0) is 15.7. The Labute approximate surface area is 127 Å². The number of aromatic nitrogens is 2. The van der Waals surface area contributed by atoms with Gasteiger partial charge in [-0.05, 0) is 48.4 Å². The molecular weight excluding hydrogens is 281 g/mol. The maximum atomic E-state index is 13.9. The zero-order valence-corrected chi connectivity index (χ0v) is 12.4. The second-order valence-corrected chi connectivity index (χ2v) is 5.22. The van der Waals surface area contributed by atoms with Gasteiger partial charge in [-0.1, -0.05) is 6.07 Å². The molecule has 0 aliphatic rings. The predicted octanol–water partition coefficient (Wildman–Crippen LogP) is 3.46. The van der Waals surface area contributed by atoms with E-state index in [1.54, 1.807) is 24.2 Å². The SMILES string of the molecule is CCN(C)C(=O)c1cc(F)cc(-c2ccc3[nH]ncc3c2)c1. The monoisotopic (exact) mass is 297 g/mol. The summed E-state index contributed by atoms with van der Waals surface area (Å²) in [6.07, 6.45) is 1.72. The molecule has 0 fully saturated rings. The number of amides is 1. The molecule has 0 aliphatic heterocycles. The molecule has 112 valence electrons. The number of hydrogen-bond donors (Lipinski definition) is 1. The summed E-state index contributed by atoms with van der Waals surface area (Å²) in [5.41, 5.74) is 2.80. The third-order valence-electron chi connectivity index (χ3n) is 3.74. The van der Waals surface area contributed by atoms with Crippen LogP contribution in [0.1, 0.15) is 17.3 Å². The van der Waals surface area contributed by atoms with Gasteiger partial charge in [0.1, 0.15) is 5.82 Å². The lowest BCUT2D eigenvalue weighted by atomic mass is 10.0. The second kappa shape index (κ2) is 5.60. The second-order valence-electron chi connectivity index (χ2n) is 5.22. The van der Waals surface area contributed by atoms with Gasteiger partial charge in [0, 0.05) is 24.5 Å². The molecule has 0 radical (unpaired) electrons. The van der Waals surface area contributed by atoms with Crippen LogP contribution in [-0.2, 0) is 0 Å². The highest BCUT2D eigenvalue weighted by Crippen LogP contribution is 2.25. The normalized spacial score (nSPS) is 10.9. The fraction of sp³-hybridized carbons (Fsp3) is 0.176. The smallest absolute Gasteiger partial charge is 0.253 e. The van der Waals surface area contributed by atoms with Gasteiger partial charge in [0.15, 0.2) is 0 Å². The van der Waals surface area contributed by atoms with E-state index in [4.69, 9.17) is 0 Å². The number of H-pyrrole nitrogens is 1. The molecule has 5 heteroatoms. The third-order valence-corrected chi connectivity index (χ3v) is 3.74. The lowest BCUT2D eigenvalue weighted by Gasteiger charge is -2.15. The van der Waals surface area contributed by atoms with Gasteiger partial charge in [-0.25, -0.2) is 4.39 Å². The molecule has 0 saturated heterocycles. The number of nitrogens with zero attached hydrogens (tertiary/aromatic N) is 2. The van der Waals surface area contributed by atoms with Gasteiger partial charge in [0.05, 0.1) is 11.7 Å². The number of hydrogen-bond acceptors (Lipinski definition) is 2. The number of fused-ring (bicyclic) bond motifs is 1. The van der Waals surface area contributed by atoms with E-state index in [1.807, 2.05) is 25.1 Å². The van der Waals surface area contributed by atoms with Crippen LogP contribution in [0.2, 0.25) is 0 Å². The van der Waals surface area contributed by atoms with E-state index in [0.717, 1.165) is 16.5 Å². The zero-order valence-electron chi connectivity index (χ0n) is 12.4. The number of carbonyl (C=O) groups is 1. The highest BCUT2D eigenvalue weighted by Gasteiger charge is 2.13. The first-order valence-electron chi connectivity index (χ1n) is 7.08. The summed E-state index contributed by atoms with van der Waals surface area (Å²) in [4.78, 5) is 13.8. The molecular formula is C17H16FN3O. The summed E-state index contributed by atoms with van der Waals surface area (Å²) in [6, 6.07) is 10.1. The predicted molar refractivity (Wildman–Crippen MR) is 84.1 cm³/mol. The molecule has 0 atom stereocenters. The van der Waals surface area contributed by atoms with E-state index < -0.39 is 5.82 Å². The van der Waals surface area contributed by atoms with Crippen molar-refractivity contribution in [3.8, 4) is 11.1 Å². The molecule has 3 rings (SSSR count). The first-order valence-corrected chi connectivity index (χ1v) is 7.08. The average Bonchev–Trinajstić information content (AvgIpc) is 3.00. The van der Waals surface area contributed by atoms with Gasteiger partial charge in [-0.15, -0.1) is 0 Å². The highest BCUT2D eigenvalue weighted by atomic mass is 19.1. The number of benzene rings is 2. The quantitative estimate of drug-likeness (QED) is 0.805. The van der Waals surface area contributed by atoms with Gasteiger partial charge in [0.25, 0.3) is 5.91 Å². The van der Waals surface area contributed by atoms with Crippen LogP contribution in [0.5, 0.6) is 0 Å². The van der Waals surface area contributed by atoms with Crippen LogP contribution in [0.15, 0.2) is 42.6 Å². The first kappa shape index (κ1) is 14.3. The molecule has 4 nitrogen and oxygen atoms in total. The molecule has 1 aromatic heterocycles. The minimum Gasteiger partial charge on any atom is -0.342 e. The highest BCUT2D eigenvalue weighted by molar-refractivity contribution is 5.95. The molecule has 0 spiro atoms. The van der Waals surface area contributed by atoms with Crippen molar-refractivity contribution in [1.29, 1.82) is 0 Å². The van der Waals surface area contributed by atoms with Crippen LogP contribution < -0.4 is 0 Å². The number of halogens is 1. The van der Waals surface area contributed by atoms with Crippen LogP contribution in [0.4, 0.5) is 4.39 Å². The summed E-state index contributed by atoms with van der Waals surface area (Å²) >= 11 is 0. The van der Waals surface area contributed by atoms with E-state index in [-0.39, 0.29) is 5.91 Å². The molecule has 1 amide bonds. The Balaban J connectivity index is 2.06. The summed E-state index contributed by atoms with van der Waals surface area (Å²) in [5, 5.41) is 7.80. The Morgan fingerprint density at radius 2 is 2.05 bits per heavy atom. The lowest BCUT2D eigenvalue weighted by molar-refractivity contribution is 0.0802. The maximum Gasteiger partial charge on any atom is 0.253 e. The fourth-order valence-electron chi connectivity index (χ4n) is 2.37. The van der Waals surface area contributed by atoms with E-state index in [2.05, 4.69) is 10.2 Å². The van der Waals surface area contributed by atoms with Gasteiger partial charge in [0.2, 0.25) is 0 Å². The van der Waals surface area contributed by atoms with Crippen molar-refractivity contribution in [3.63, 3.8) is 0 Å². The Morgan fingerprint density at radius 3 is 2.82 bits per heavy atom. The van der Waals surface area contributed by atoms with Crippen molar-refractivity contribution < 1.29 is 9.18 Å². The summed E-state index contributed by atoms with van der Waals surface area (Å²) in [7, 11) is 1.70. The topological polar surface area (TPSA) is 49.0 Å². The molecule has 3 aromatic rings. The van der Waals surface area contributed by atoms with Gasteiger partial charge >= 0.3 is 0 Å². The van der Waals surface area contributed by atoms with Crippen molar-refractivity contribution in [2.75, 3.05) is 13.6 Å². The Hall–Kier alpha value is -2.69. The minimum absolute atomic E-state index is 0.187. The van der Waals surface area contributed by atoms with E-state index >= 15 is 0 Å². The van der Waals surface area contributed by atoms with E-state index in [1.165, 1.54) is 12.1 Å². The first-order chi connectivity index (χ1) is 10.6. The van der Waals surface area contributed by atoms with Crippen LogP contribution in [0, 0.1) is 5.82 Å². The largest absolute Gasteiger partial charge is 0.342 e. The molecule has 0 bridgehead atoms. The van der Waals surface area contributed by atoms with Crippen molar-refractivity contribution in [2.24, 2.45) is 0 Å². The molecule has 1 heterocycles. The number of aromatic amines is 1. The van der Waals surface area contributed by atoms with Crippen LogP contribution >= 0.6 is 0 Å². The number of nitrogens with one attached hydrogen (secondary N) is 1. The van der Waals surface area contributed by atoms with Crippen molar-refractivity contribution in [1.82, 2.24) is 15.1 Å². The Kier molecular flexibility index (Phi) is 3.63. The van der Waals surface area contributed by atoms with E-state index in [0.29, 0.717) is 17.7 Å². The lowest BCUT2D eigenvalue weighted by Crippen LogP contribution is -2.26. The Bertz CT molecular complexity index is 841. The molecule has 0 saturated carbocycles. The van der Waals surface area contributed by atoms with Gasteiger partial charge in [-0.2, -0.15) is 5.10 Å². The average molecular weight is 297 g/mol. The Morgan fingerprint density at radius 1 is 1.23 bits per heavy atom. The van der Waals surface area contributed by atoms with Crippen molar-refractivity contribution in [3.05, 3.63) is 54.0 Å². The maximum absolute atomic E-state index is 13.9. The molecule has 1 N–H and O–H groups in total. The summed E-state index contributed by atoms with van der Waals surface area (Å²) < 4.78 is 13.9. The van der Waals surface area contributed by atoms with E-state index in [9.17, 15) is 9.18 Å². The number of carbonyl (C=O) groups excluding carboxylic acids is 1. The molecule has 22 heavy (non-hydrogen) atoms. The van der Waals surface area contributed by atoms with Crippen LogP contribution in [0.3, 0.4) is 0 Å². The van der Waals surface area contributed by atoms with Gasteiger partial charge < -0.3 is 4.90 Å². The minimum atomic E-state index is -0.419. The van der Waals surface area contributed by atoms with Crippen LogP contribution in [-0.4, -0.2) is 34.6 Å². The number of rotatable bonds is 3. The fourth-order valence-corrected chi connectivity index (χ4v) is 2.37. The standard InChI is InChI=1S/C17H16FN3O/c1-3-21(2)17(22)13-7-12(8-15(18)9-13)11-4-5-16-14(6-11)10-19-20-16/h4-10H,3H2,1-2H3,(H,19,20).